The van der Waals surface area contributed by atoms with Crippen LogP contribution in [0.25, 0.3) is 0 Å². The second kappa shape index (κ2) is 8.38. The van der Waals surface area contributed by atoms with E-state index in [1.807, 2.05) is 48.5 Å². The van der Waals surface area contributed by atoms with Gasteiger partial charge in [-0.3, -0.25) is 4.79 Å². The number of hydrogen-bond acceptors (Lipinski definition) is 3. The summed E-state index contributed by atoms with van der Waals surface area (Å²) in [4.78, 5) is 25.5. The van der Waals surface area contributed by atoms with Gasteiger partial charge in [0.1, 0.15) is 5.75 Å². The summed E-state index contributed by atoms with van der Waals surface area (Å²) in [6.45, 7) is 1.30. The number of carbonyl (C=O) groups excluding carboxylic acids is 2. The van der Waals surface area contributed by atoms with Crippen molar-refractivity contribution in [2.75, 3.05) is 30.4 Å². The Hall–Kier alpha value is -3.02. The van der Waals surface area contributed by atoms with Gasteiger partial charge in [-0.25, -0.2) is 4.79 Å². The van der Waals surface area contributed by atoms with E-state index in [2.05, 4.69) is 10.6 Å². The fourth-order valence-electron chi connectivity index (χ4n) is 2.93. The normalized spacial score (nSPS) is 13.6. The van der Waals surface area contributed by atoms with Gasteiger partial charge in [0, 0.05) is 30.9 Å². The van der Waals surface area contributed by atoms with E-state index in [0.717, 1.165) is 36.4 Å². The van der Waals surface area contributed by atoms with Gasteiger partial charge in [-0.2, -0.15) is 0 Å². The molecule has 136 valence electrons. The second-order valence-corrected chi connectivity index (χ2v) is 6.17. The molecule has 2 aromatic carbocycles. The summed E-state index contributed by atoms with van der Waals surface area (Å²) in [5, 5.41) is 5.64. The molecule has 0 aliphatic carbocycles. The molecule has 3 rings (SSSR count). The molecule has 3 amide bonds. The minimum Gasteiger partial charge on any atom is -0.497 e. The van der Waals surface area contributed by atoms with Gasteiger partial charge in [0.25, 0.3) is 0 Å². The van der Waals surface area contributed by atoms with Gasteiger partial charge in [0.15, 0.2) is 0 Å². The van der Waals surface area contributed by atoms with Crippen molar-refractivity contribution in [2.24, 2.45) is 0 Å². The first-order valence-corrected chi connectivity index (χ1v) is 8.74. The van der Waals surface area contributed by atoms with Crippen molar-refractivity contribution < 1.29 is 14.3 Å². The van der Waals surface area contributed by atoms with Crippen LogP contribution in [0.15, 0.2) is 48.5 Å². The van der Waals surface area contributed by atoms with Crippen molar-refractivity contribution in [1.82, 2.24) is 5.32 Å². The maximum absolute atomic E-state index is 12.0. The minimum atomic E-state index is -0.247. The molecule has 2 N–H and O–H groups in total. The van der Waals surface area contributed by atoms with E-state index in [0.29, 0.717) is 18.7 Å². The van der Waals surface area contributed by atoms with Gasteiger partial charge in [-0.05, 0) is 54.8 Å². The predicted molar refractivity (Wildman–Crippen MR) is 102 cm³/mol. The van der Waals surface area contributed by atoms with Crippen LogP contribution in [0.5, 0.6) is 5.75 Å². The lowest BCUT2D eigenvalue weighted by molar-refractivity contribution is -0.117. The molecule has 1 saturated heterocycles. The van der Waals surface area contributed by atoms with Crippen LogP contribution in [-0.2, 0) is 11.2 Å². The fourth-order valence-corrected chi connectivity index (χ4v) is 2.93. The van der Waals surface area contributed by atoms with Gasteiger partial charge in [-0.15, -0.1) is 0 Å². The Morgan fingerprint density at radius 1 is 1.12 bits per heavy atom. The monoisotopic (exact) mass is 353 g/mol. The van der Waals surface area contributed by atoms with E-state index in [-0.39, 0.29) is 11.9 Å². The van der Waals surface area contributed by atoms with E-state index in [1.165, 1.54) is 0 Å². The molecular formula is C20H23N3O3. The smallest absolute Gasteiger partial charge is 0.319 e. The average molecular weight is 353 g/mol. The number of methoxy groups -OCH3 is 1. The number of nitrogens with one attached hydrogen (secondary N) is 2. The molecule has 0 bridgehead atoms. The first-order valence-electron chi connectivity index (χ1n) is 8.74. The molecule has 1 aliphatic rings. The Morgan fingerprint density at radius 2 is 1.85 bits per heavy atom. The number of benzene rings is 2. The summed E-state index contributed by atoms with van der Waals surface area (Å²) in [7, 11) is 1.64. The topological polar surface area (TPSA) is 70.7 Å². The Labute approximate surface area is 153 Å². The second-order valence-electron chi connectivity index (χ2n) is 6.17. The Morgan fingerprint density at radius 3 is 2.46 bits per heavy atom. The van der Waals surface area contributed by atoms with Crippen LogP contribution >= 0.6 is 0 Å². The third-order valence-corrected chi connectivity index (χ3v) is 4.37. The van der Waals surface area contributed by atoms with Gasteiger partial charge >= 0.3 is 6.03 Å². The molecule has 6 heteroatoms. The zero-order valence-corrected chi connectivity index (χ0v) is 14.8. The highest BCUT2D eigenvalue weighted by Gasteiger charge is 2.21. The summed E-state index contributed by atoms with van der Waals surface area (Å²) >= 11 is 0. The average Bonchev–Trinajstić information content (AvgIpc) is 3.09. The first-order chi connectivity index (χ1) is 12.7. The maximum Gasteiger partial charge on any atom is 0.319 e. The lowest BCUT2D eigenvalue weighted by Crippen LogP contribution is -2.30. The summed E-state index contributed by atoms with van der Waals surface area (Å²) in [6.07, 6.45) is 2.25. The molecule has 2 aromatic rings. The Kier molecular flexibility index (Phi) is 5.73. The lowest BCUT2D eigenvalue weighted by Gasteiger charge is -2.16. The quantitative estimate of drug-likeness (QED) is 0.838. The van der Waals surface area contributed by atoms with Crippen LogP contribution in [0.1, 0.15) is 18.4 Å². The number of anilines is 2. The molecule has 26 heavy (non-hydrogen) atoms. The van der Waals surface area contributed by atoms with Gasteiger partial charge in [0.2, 0.25) is 5.91 Å². The standard InChI is InChI=1S/C20H23N3O3/c1-26-18-10-4-15(5-11-18)12-13-21-20(25)22-16-6-8-17(9-7-16)23-14-2-3-19(23)24/h4-11H,2-3,12-14H2,1H3,(H2,21,22,25). The van der Waals surface area contributed by atoms with Crippen LogP contribution in [0.2, 0.25) is 0 Å². The number of hydrogen-bond donors (Lipinski definition) is 2. The van der Waals surface area contributed by atoms with Crippen molar-refractivity contribution in [3.63, 3.8) is 0 Å². The highest BCUT2D eigenvalue weighted by atomic mass is 16.5. The molecule has 1 heterocycles. The molecule has 6 nitrogen and oxygen atoms in total. The Balaban J connectivity index is 1.44. The molecule has 0 atom stereocenters. The summed E-state index contributed by atoms with van der Waals surface area (Å²) < 4.78 is 5.12. The van der Waals surface area contributed by atoms with E-state index < -0.39 is 0 Å². The molecule has 1 aliphatic heterocycles. The van der Waals surface area contributed by atoms with Crippen molar-refractivity contribution in [1.29, 1.82) is 0 Å². The van der Waals surface area contributed by atoms with Crippen LogP contribution in [0.4, 0.5) is 16.2 Å². The largest absolute Gasteiger partial charge is 0.497 e. The Bertz CT molecular complexity index is 757. The molecule has 0 spiro atoms. The highest BCUT2D eigenvalue weighted by molar-refractivity contribution is 5.96. The lowest BCUT2D eigenvalue weighted by atomic mass is 10.1. The number of nitrogens with zero attached hydrogens (tertiary/aromatic N) is 1. The molecule has 0 unspecified atom stereocenters. The molecule has 0 saturated carbocycles. The number of ether oxygens (including phenoxy) is 1. The summed E-state index contributed by atoms with van der Waals surface area (Å²) in [5.41, 5.74) is 2.70. The number of amides is 3. The predicted octanol–water partition coefficient (Wildman–Crippen LogP) is 3.19. The van der Waals surface area contributed by atoms with Crippen molar-refractivity contribution >= 4 is 23.3 Å². The summed E-state index contributed by atoms with van der Waals surface area (Å²) in [5.74, 6) is 0.973. The van der Waals surface area contributed by atoms with Crippen LogP contribution in [-0.4, -0.2) is 32.1 Å². The van der Waals surface area contributed by atoms with Crippen molar-refractivity contribution in [3.05, 3.63) is 54.1 Å². The van der Waals surface area contributed by atoms with Crippen LogP contribution in [0, 0.1) is 0 Å². The first kappa shape index (κ1) is 17.8. The molecule has 0 aromatic heterocycles. The van der Waals surface area contributed by atoms with Crippen LogP contribution in [0.3, 0.4) is 0 Å². The molecular weight excluding hydrogens is 330 g/mol. The van der Waals surface area contributed by atoms with Gasteiger partial charge in [-0.1, -0.05) is 12.1 Å². The van der Waals surface area contributed by atoms with E-state index in [9.17, 15) is 9.59 Å². The third kappa shape index (κ3) is 4.53. The number of carbonyl (C=O) groups is 2. The van der Waals surface area contributed by atoms with E-state index in [4.69, 9.17) is 4.74 Å². The van der Waals surface area contributed by atoms with Gasteiger partial charge < -0.3 is 20.3 Å². The number of rotatable bonds is 6. The van der Waals surface area contributed by atoms with Gasteiger partial charge in [0.05, 0.1) is 7.11 Å². The number of urea groups is 1. The van der Waals surface area contributed by atoms with Crippen LogP contribution < -0.4 is 20.3 Å². The maximum atomic E-state index is 12.0. The van der Waals surface area contributed by atoms with E-state index in [1.54, 1.807) is 12.0 Å². The SMILES string of the molecule is COc1ccc(CCNC(=O)Nc2ccc(N3CCCC3=O)cc2)cc1. The summed E-state index contributed by atoms with van der Waals surface area (Å²) in [6, 6.07) is 14.9. The van der Waals surface area contributed by atoms with Crippen molar-refractivity contribution in [3.8, 4) is 5.75 Å². The third-order valence-electron chi connectivity index (χ3n) is 4.37. The highest BCUT2D eigenvalue weighted by Crippen LogP contribution is 2.22. The molecule has 0 radical (unpaired) electrons. The zero-order valence-electron chi connectivity index (χ0n) is 14.8. The van der Waals surface area contributed by atoms with Crippen molar-refractivity contribution in [2.45, 2.75) is 19.3 Å². The fraction of sp³-hybridized carbons (Fsp3) is 0.300. The molecule has 1 fully saturated rings. The zero-order chi connectivity index (χ0) is 18.4. The van der Waals surface area contributed by atoms with E-state index >= 15 is 0 Å². The minimum absolute atomic E-state index is 0.155.